The molecule has 6 heteroatoms. The van der Waals surface area contributed by atoms with E-state index in [1.165, 1.54) is 0 Å². The van der Waals surface area contributed by atoms with E-state index in [-0.39, 0.29) is 0 Å². The van der Waals surface area contributed by atoms with Crippen LogP contribution in [0.2, 0.25) is 0 Å². The molecular weight excluding hydrogens is 366 g/mol. The van der Waals surface area contributed by atoms with Gasteiger partial charge in [0, 0.05) is 23.6 Å². The van der Waals surface area contributed by atoms with Crippen molar-refractivity contribution in [3.63, 3.8) is 0 Å². The lowest BCUT2D eigenvalue weighted by atomic mass is 10.1. The van der Waals surface area contributed by atoms with Gasteiger partial charge in [-0.25, -0.2) is 0 Å². The van der Waals surface area contributed by atoms with Crippen molar-refractivity contribution >= 4 is 0 Å². The van der Waals surface area contributed by atoms with Crippen molar-refractivity contribution in [3.05, 3.63) is 78.4 Å². The number of hydrogen-bond donors (Lipinski definition) is 0. The lowest BCUT2D eigenvalue weighted by molar-refractivity contribution is 0.287. The average molecular weight is 389 g/mol. The van der Waals surface area contributed by atoms with Crippen molar-refractivity contribution in [3.8, 4) is 28.6 Å². The number of hydrogen-bond acceptors (Lipinski definition) is 5. The Balaban J connectivity index is 1.50. The molecule has 4 rings (SSSR count). The van der Waals surface area contributed by atoms with E-state index >= 15 is 0 Å². The summed E-state index contributed by atoms with van der Waals surface area (Å²) in [6, 6.07) is 17.9. The molecule has 2 heterocycles. The van der Waals surface area contributed by atoms with E-state index in [2.05, 4.69) is 10.1 Å². The van der Waals surface area contributed by atoms with Gasteiger partial charge in [-0.05, 0) is 67.9 Å². The number of nitrogens with zero attached hydrogens (tertiary/aromatic N) is 3. The highest BCUT2D eigenvalue weighted by Crippen LogP contribution is 2.29. The molecule has 4 aromatic rings. The molecule has 0 amide bonds. The van der Waals surface area contributed by atoms with Crippen LogP contribution < -0.4 is 9.47 Å². The van der Waals surface area contributed by atoms with Gasteiger partial charge in [0.15, 0.2) is 11.5 Å². The summed E-state index contributed by atoms with van der Waals surface area (Å²) in [5.74, 6) is 2.61. The first-order chi connectivity index (χ1) is 14.3. The van der Waals surface area contributed by atoms with E-state index in [0.717, 1.165) is 28.3 Å². The fourth-order valence-corrected chi connectivity index (χ4v) is 3.11. The minimum Gasteiger partial charge on any atom is -0.490 e. The molecule has 0 bridgehead atoms. The average Bonchev–Trinajstić information content (AvgIpc) is 3.43. The lowest BCUT2D eigenvalue weighted by Crippen LogP contribution is -1.99. The molecule has 0 fully saturated rings. The number of aromatic nitrogens is 3. The predicted octanol–water partition coefficient (Wildman–Crippen LogP) is 4.92. The number of ether oxygens (including phenoxy) is 2. The van der Waals surface area contributed by atoms with Crippen molar-refractivity contribution in [2.24, 2.45) is 0 Å². The normalized spacial score (nSPS) is 10.8. The summed E-state index contributed by atoms with van der Waals surface area (Å²) < 4.78 is 18.8. The molecule has 0 atom stereocenters. The van der Waals surface area contributed by atoms with Gasteiger partial charge in [-0.2, -0.15) is 4.98 Å². The largest absolute Gasteiger partial charge is 0.490 e. The monoisotopic (exact) mass is 389 g/mol. The second-order valence-corrected chi connectivity index (χ2v) is 6.47. The highest BCUT2D eigenvalue weighted by atomic mass is 16.5. The van der Waals surface area contributed by atoms with Crippen molar-refractivity contribution in [1.29, 1.82) is 0 Å². The molecule has 0 aliphatic heterocycles. The molecular formula is C23H23N3O3. The van der Waals surface area contributed by atoms with Crippen LogP contribution in [-0.4, -0.2) is 27.9 Å². The summed E-state index contributed by atoms with van der Waals surface area (Å²) >= 11 is 0. The third kappa shape index (κ3) is 4.32. The van der Waals surface area contributed by atoms with Crippen molar-refractivity contribution in [2.75, 3.05) is 13.2 Å². The minimum absolute atomic E-state index is 0.529. The zero-order chi connectivity index (χ0) is 20.1. The first-order valence-corrected chi connectivity index (χ1v) is 9.71. The van der Waals surface area contributed by atoms with Crippen LogP contribution in [0.5, 0.6) is 11.5 Å². The lowest BCUT2D eigenvalue weighted by Gasteiger charge is -2.11. The Kier molecular flexibility index (Phi) is 5.61. The minimum atomic E-state index is 0.529. The summed E-state index contributed by atoms with van der Waals surface area (Å²) in [5.41, 5.74) is 3.02. The maximum Gasteiger partial charge on any atom is 0.231 e. The molecule has 29 heavy (non-hydrogen) atoms. The van der Waals surface area contributed by atoms with Crippen LogP contribution in [0.15, 0.2) is 71.5 Å². The molecule has 6 nitrogen and oxygen atoms in total. The van der Waals surface area contributed by atoms with Gasteiger partial charge < -0.3 is 18.6 Å². The highest BCUT2D eigenvalue weighted by molar-refractivity contribution is 5.56. The predicted molar refractivity (Wildman–Crippen MR) is 111 cm³/mol. The molecule has 148 valence electrons. The summed E-state index contributed by atoms with van der Waals surface area (Å²) in [5, 5.41) is 4.13. The number of rotatable bonds is 8. The van der Waals surface area contributed by atoms with Crippen LogP contribution >= 0.6 is 0 Å². The summed E-state index contributed by atoms with van der Waals surface area (Å²) in [6.45, 7) is 5.08. The van der Waals surface area contributed by atoms with E-state index in [0.29, 0.717) is 31.3 Å². The Morgan fingerprint density at radius 1 is 0.897 bits per heavy atom. The molecule has 0 spiro atoms. The fourth-order valence-electron chi connectivity index (χ4n) is 3.11. The van der Waals surface area contributed by atoms with Crippen LogP contribution in [0.1, 0.15) is 25.3 Å². The van der Waals surface area contributed by atoms with E-state index in [1.54, 1.807) is 0 Å². The summed E-state index contributed by atoms with van der Waals surface area (Å²) in [4.78, 5) is 4.55. The Hall–Kier alpha value is -3.54. The molecule has 2 aromatic carbocycles. The van der Waals surface area contributed by atoms with Crippen LogP contribution in [0.3, 0.4) is 0 Å². The molecule has 0 aliphatic rings. The third-order valence-corrected chi connectivity index (χ3v) is 4.46. The van der Waals surface area contributed by atoms with Gasteiger partial charge in [-0.15, -0.1) is 0 Å². The van der Waals surface area contributed by atoms with Crippen molar-refractivity contribution in [1.82, 2.24) is 14.7 Å². The second kappa shape index (κ2) is 8.65. The SMILES string of the molecule is CCOc1ccc(Cc2nc(-c3ccc(-n4cccc4)cc3)no2)cc1OCC. The molecule has 0 saturated heterocycles. The van der Waals surface area contributed by atoms with Gasteiger partial charge in [0.25, 0.3) is 0 Å². The Bertz CT molecular complexity index is 1050. The molecule has 0 radical (unpaired) electrons. The van der Waals surface area contributed by atoms with Gasteiger partial charge >= 0.3 is 0 Å². The third-order valence-electron chi connectivity index (χ3n) is 4.46. The second-order valence-electron chi connectivity index (χ2n) is 6.47. The van der Waals surface area contributed by atoms with Crippen LogP contribution in [0.25, 0.3) is 17.1 Å². The molecule has 0 unspecified atom stereocenters. The Labute approximate surface area is 169 Å². The number of benzene rings is 2. The van der Waals surface area contributed by atoms with Gasteiger partial charge in [0.05, 0.1) is 19.6 Å². The molecule has 0 N–H and O–H groups in total. The zero-order valence-electron chi connectivity index (χ0n) is 16.5. The Morgan fingerprint density at radius 3 is 2.34 bits per heavy atom. The van der Waals surface area contributed by atoms with E-state index in [9.17, 15) is 0 Å². The fraction of sp³-hybridized carbons (Fsp3) is 0.217. The van der Waals surface area contributed by atoms with Gasteiger partial charge in [-0.1, -0.05) is 11.2 Å². The zero-order valence-corrected chi connectivity index (χ0v) is 16.5. The highest BCUT2D eigenvalue weighted by Gasteiger charge is 2.12. The first-order valence-electron chi connectivity index (χ1n) is 9.71. The maximum atomic E-state index is 5.69. The Morgan fingerprint density at radius 2 is 1.62 bits per heavy atom. The topological polar surface area (TPSA) is 62.3 Å². The van der Waals surface area contributed by atoms with Crippen molar-refractivity contribution in [2.45, 2.75) is 20.3 Å². The van der Waals surface area contributed by atoms with Crippen LogP contribution in [0.4, 0.5) is 0 Å². The van der Waals surface area contributed by atoms with Crippen LogP contribution in [0, 0.1) is 0 Å². The van der Waals surface area contributed by atoms with E-state index < -0.39 is 0 Å². The van der Waals surface area contributed by atoms with Gasteiger partial charge in [0.1, 0.15) is 0 Å². The van der Waals surface area contributed by atoms with E-state index in [4.69, 9.17) is 14.0 Å². The smallest absolute Gasteiger partial charge is 0.231 e. The first kappa shape index (κ1) is 18.8. The standard InChI is InChI=1S/C23H23N3O3/c1-3-27-20-12-7-17(15-21(20)28-4-2)16-22-24-23(25-29-22)18-8-10-19(11-9-18)26-13-5-6-14-26/h5-15H,3-4,16H2,1-2H3. The van der Waals surface area contributed by atoms with Crippen molar-refractivity contribution < 1.29 is 14.0 Å². The summed E-state index contributed by atoms with van der Waals surface area (Å²) in [6.07, 6.45) is 4.55. The van der Waals surface area contributed by atoms with Gasteiger partial charge in [-0.3, -0.25) is 0 Å². The summed E-state index contributed by atoms with van der Waals surface area (Å²) in [7, 11) is 0. The maximum absolute atomic E-state index is 5.69. The van der Waals surface area contributed by atoms with Crippen LogP contribution in [-0.2, 0) is 6.42 Å². The van der Waals surface area contributed by atoms with E-state index in [1.807, 2.05) is 85.4 Å². The quantitative estimate of drug-likeness (QED) is 0.428. The molecule has 2 aromatic heterocycles. The molecule has 0 saturated carbocycles. The molecule has 0 aliphatic carbocycles. The van der Waals surface area contributed by atoms with Gasteiger partial charge in [0.2, 0.25) is 11.7 Å².